The molecular formula is C29H34N4O3S. The van der Waals surface area contributed by atoms with Crippen molar-refractivity contribution in [2.75, 3.05) is 33.8 Å². The van der Waals surface area contributed by atoms with Gasteiger partial charge in [-0.15, -0.1) is 0 Å². The fourth-order valence-corrected chi connectivity index (χ4v) is 5.48. The summed E-state index contributed by atoms with van der Waals surface area (Å²) in [5.41, 5.74) is 5.93. The van der Waals surface area contributed by atoms with Crippen molar-refractivity contribution in [3.63, 3.8) is 0 Å². The fourth-order valence-electron chi connectivity index (χ4n) is 4.56. The molecule has 0 radical (unpaired) electrons. The van der Waals surface area contributed by atoms with Crippen molar-refractivity contribution in [1.82, 2.24) is 15.1 Å². The second-order valence-electron chi connectivity index (χ2n) is 9.43. The minimum absolute atomic E-state index is 0.0650. The van der Waals surface area contributed by atoms with Gasteiger partial charge in [-0.2, -0.15) is 0 Å². The van der Waals surface area contributed by atoms with E-state index in [-0.39, 0.29) is 18.9 Å². The highest BCUT2D eigenvalue weighted by Crippen LogP contribution is 2.47. The zero-order valence-electron chi connectivity index (χ0n) is 22.1. The van der Waals surface area contributed by atoms with Crippen LogP contribution in [0, 0.1) is 13.8 Å². The number of hydrogen-bond donors (Lipinski definition) is 1. The van der Waals surface area contributed by atoms with Crippen molar-refractivity contribution in [2.45, 2.75) is 33.2 Å². The summed E-state index contributed by atoms with van der Waals surface area (Å²) in [4.78, 5) is 35.5. The van der Waals surface area contributed by atoms with Crippen LogP contribution in [0.1, 0.15) is 41.6 Å². The minimum Gasteiger partial charge on any atom is -0.463 e. The minimum atomic E-state index is -0.474. The van der Waals surface area contributed by atoms with E-state index in [9.17, 15) is 9.59 Å². The Kier molecular flexibility index (Phi) is 8.51. The first-order valence-corrected chi connectivity index (χ1v) is 13.4. The van der Waals surface area contributed by atoms with Gasteiger partial charge < -0.3 is 19.9 Å². The van der Waals surface area contributed by atoms with Crippen molar-refractivity contribution in [2.24, 2.45) is 4.99 Å². The number of amides is 1. The van der Waals surface area contributed by atoms with Gasteiger partial charge in [0.1, 0.15) is 0 Å². The van der Waals surface area contributed by atoms with Gasteiger partial charge in [-0.3, -0.25) is 4.79 Å². The molecule has 0 fully saturated rings. The molecule has 0 spiro atoms. The normalized spacial score (nSPS) is 16.9. The fraction of sp³-hybridized carbons (Fsp3) is 0.345. The number of carbonyl (C=O) groups excluding carboxylic acids is 2. The Balaban J connectivity index is 1.81. The maximum atomic E-state index is 13.6. The number of carbonyl (C=O) groups is 2. The largest absolute Gasteiger partial charge is 0.463 e. The molecule has 0 saturated heterocycles. The van der Waals surface area contributed by atoms with E-state index in [4.69, 9.17) is 9.73 Å². The summed E-state index contributed by atoms with van der Waals surface area (Å²) in [7, 11) is 3.95. The van der Waals surface area contributed by atoms with Gasteiger partial charge in [-0.1, -0.05) is 65.9 Å². The molecule has 0 aliphatic carbocycles. The first kappa shape index (κ1) is 26.7. The quantitative estimate of drug-likeness (QED) is 0.488. The molecule has 2 aliphatic heterocycles. The van der Waals surface area contributed by atoms with Crippen LogP contribution < -0.4 is 5.32 Å². The molecule has 2 aromatic carbocycles. The number of aliphatic imine (C=N–C) groups is 1. The molecular weight excluding hydrogens is 484 g/mol. The molecule has 2 aliphatic rings. The number of likely N-dealkylation sites (N-methyl/N-ethyl adjacent to an activating group) is 1. The predicted octanol–water partition coefficient (Wildman–Crippen LogP) is 4.65. The lowest BCUT2D eigenvalue weighted by atomic mass is 9.88. The van der Waals surface area contributed by atoms with E-state index in [2.05, 4.69) is 37.4 Å². The van der Waals surface area contributed by atoms with Crippen LogP contribution in [0.4, 0.5) is 0 Å². The van der Waals surface area contributed by atoms with E-state index >= 15 is 0 Å². The summed E-state index contributed by atoms with van der Waals surface area (Å²) in [5, 5.41) is 5.71. The number of hydrogen-bond acceptors (Lipinski definition) is 7. The third-order valence-corrected chi connectivity index (χ3v) is 7.18. The summed E-state index contributed by atoms with van der Waals surface area (Å²) < 4.78 is 5.59. The van der Waals surface area contributed by atoms with Gasteiger partial charge >= 0.3 is 5.97 Å². The lowest BCUT2D eigenvalue weighted by Gasteiger charge is -2.37. The number of amidine groups is 1. The van der Waals surface area contributed by atoms with Crippen molar-refractivity contribution in [1.29, 1.82) is 0 Å². The van der Waals surface area contributed by atoms with E-state index in [1.54, 1.807) is 6.92 Å². The number of nitrogens with zero attached hydrogens (tertiary/aromatic N) is 3. The van der Waals surface area contributed by atoms with Crippen LogP contribution in [-0.4, -0.2) is 60.6 Å². The molecule has 1 atom stereocenters. The Morgan fingerprint density at radius 2 is 1.89 bits per heavy atom. The average molecular weight is 519 g/mol. The number of aryl methyl sites for hydroxylation is 2. The maximum Gasteiger partial charge on any atom is 0.338 e. The summed E-state index contributed by atoms with van der Waals surface area (Å²) in [5.74, 6) is -0.467. The highest BCUT2D eigenvalue weighted by atomic mass is 32.2. The molecule has 1 amide bonds. The standard InChI is InChI=1S/C29H34N4O3S/c1-6-36-28(35)25-26(21-10-8-7-9-11-21)31-29-33(27(25)23-13-12-19(2)16-20(23)3)22(18-37-29)17-24(34)30-14-15-32(4)5/h7-13,16,18,27H,6,14-15,17H2,1-5H3,(H,30,34)/t27-/m0/s1. The highest BCUT2D eigenvalue weighted by Gasteiger charge is 2.42. The van der Waals surface area contributed by atoms with Crippen LogP contribution in [0.15, 0.2) is 70.2 Å². The molecule has 4 rings (SSSR count). The summed E-state index contributed by atoms with van der Waals surface area (Å²) in [6.07, 6.45) is 0.192. The van der Waals surface area contributed by atoms with Crippen LogP contribution in [0.2, 0.25) is 0 Å². The lowest BCUT2D eigenvalue weighted by Crippen LogP contribution is -2.39. The van der Waals surface area contributed by atoms with Crippen molar-refractivity contribution in [3.8, 4) is 0 Å². The Bertz CT molecular complexity index is 1270. The van der Waals surface area contributed by atoms with E-state index in [1.807, 2.05) is 59.6 Å². The van der Waals surface area contributed by atoms with Gasteiger partial charge in [-0.25, -0.2) is 9.79 Å². The second kappa shape index (κ2) is 11.8. The van der Waals surface area contributed by atoms with Crippen molar-refractivity contribution < 1.29 is 14.3 Å². The Hall–Kier alpha value is -3.36. The molecule has 2 aromatic rings. The second-order valence-corrected chi connectivity index (χ2v) is 10.3. The lowest BCUT2D eigenvalue weighted by molar-refractivity contribution is -0.139. The van der Waals surface area contributed by atoms with Crippen molar-refractivity contribution in [3.05, 3.63) is 87.5 Å². The topological polar surface area (TPSA) is 74.2 Å². The van der Waals surface area contributed by atoms with Gasteiger partial charge in [-0.05, 0) is 51.4 Å². The van der Waals surface area contributed by atoms with Crippen LogP contribution >= 0.6 is 11.8 Å². The average Bonchev–Trinajstić information content (AvgIpc) is 3.26. The smallest absolute Gasteiger partial charge is 0.338 e. The number of thioether (sulfide) groups is 1. The van der Waals surface area contributed by atoms with Crippen LogP contribution in [-0.2, 0) is 14.3 Å². The van der Waals surface area contributed by atoms with Gasteiger partial charge in [0.05, 0.1) is 30.3 Å². The molecule has 1 N–H and O–H groups in total. The number of benzene rings is 2. The Morgan fingerprint density at radius 3 is 2.57 bits per heavy atom. The third kappa shape index (κ3) is 5.97. The first-order valence-electron chi connectivity index (χ1n) is 12.5. The van der Waals surface area contributed by atoms with E-state index in [0.717, 1.165) is 39.7 Å². The number of fused-ring (bicyclic) bond motifs is 1. The molecule has 194 valence electrons. The summed E-state index contributed by atoms with van der Waals surface area (Å²) >= 11 is 1.48. The first-order chi connectivity index (χ1) is 17.8. The van der Waals surface area contributed by atoms with Gasteiger partial charge in [0, 0.05) is 24.4 Å². The molecule has 0 bridgehead atoms. The molecule has 7 nitrogen and oxygen atoms in total. The van der Waals surface area contributed by atoms with Crippen LogP contribution in [0.5, 0.6) is 0 Å². The van der Waals surface area contributed by atoms with Crippen molar-refractivity contribution >= 4 is 34.5 Å². The zero-order valence-corrected chi connectivity index (χ0v) is 22.9. The van der Waals surface area contributed by atoms with Gasteiger partial charge in [0.25, 0.3) is 0 Å². The van der Waals surface area contributed by atoms with E-state index in [0.29, 0.717) is 17.8 Å². The van der Waals surface area contributed by atoms with E-state index < -0.39 is 12.0 Å². The van der Waals surface area contributed by atoms with Gasteiger partial charge in [0.2, 0.25) is 5.91 Å². The molecule has 2 heterocycles. The summed E-state index contributed by atoms with van der Waals surface area (Å²) in [6.45, 7) is 7.50. The number of esters is 1. The number of nitrogens with one attached hydrogen (secondary N) is 1. The number of rotatable bonds is 9. The van der Waals surface area contributed by atoms with E-state index in [1.165, 1.54) is 11.8 Å². The SMILES string of the molecule is CCOC(=O)C1=C(c2ccccc2)N=C2SC=C(CC(=O)NCCN(C)C)N2[C@H]1c1ccc(C)cc1C. The van der Waals surface area contributed by atoms with Crippen LogP contribution in [0.25, 0.3) is 5.70 Å². The highest BCUT2D eigenvalue weighted by molar-refractivity contribution is 8.16. The Morgan fingerprint density at radius 1 is 1.14 bits per heavy atom. The third-order valence-electron chi connectivity index (χ3n) is 6.30. The maximum absolute atomic E-state index is 13.6. The number of ether oxygens (including phenoxy) is 1. The summed E-state index contributed by atoms with van der Waals surface area (Å²) in [6, 6.07) is 15.5. The molecule has 8 heteroatoms. The predicted molar refractivity (Wildman–Crippen MR) is 150 cm³/mol. The zero-order chi connectivity index (χ0) is 26.5. The molecule has 0 saturated carbocycles. The molecule has 37 heavy (non-hydrogen) atoms. The van der Waals surface area contributed by atoms with Gasteiger partial charge in [0.15, 0.2) is 5.17 Å². The molecule has 0 aromatic heterocycles. The Labute approximate surface area is 223 Å². The monoisotopic (exact) mass is 518 g/mol. The van der Waals surface area contributed by atoms with Crippen LogP contribution in [0.3, 0.4) is 0 Å². The molecule has 0 unspecified atom stereocenters.